The number of ketones is 1. The van der Waals surface area contributed by atoms with Crippen molar-refractivity contribution in [2.24, 2.45) is 17.8 Å². The van der Waals surface area contributed by atoms with Crippen molar-refractivity contribution in [1.82, 2.24) is 5.32 Å². The maximum atomic E-state index is 12.7. The zero-order valence-electron chi connectivity index (χ0n) is 20.4. The van der Waals surface area contributed by atoms with Gasteiger partial charge in [-0.2, -0.15) is 0 Å². The molecule has 0 rings (SSSR count). The Balaban J connectivity index is 5.04. The number of esters is 2. The van der Waals surface area contributed by atoms with Crippen LogP contribution < -0.4 is 5.32 Å². The minimum absolute atomic E-state index is 0.298. The Kier molecular flexibility index (Phi) is 11.4. The lowest BCUT2D eigenvalue weighted by molar-refractivity contribution is -0.170. The van der Waals surface area contributed by atoms with Gasteiger partial charge in [0.2, 0.25) is 6.10 Å². The second-order valence-corrected chi connectivity index (χ2v) is 9.48. The van der Waals surface area contributed by atoms with E-state index in [0.29, 0.717) is 0 Å². The number of carbonyl (C=O) groups is 5. The number of alkyl carbamates (subject to hydrolysis) is 1. The average Bonchev–Trinajstić information content (AvgIpc) is 2.60. The van der Waals surface area contributed by atoms with E-state index in [1.165, 1.54) is 13.8 Å². The molecule has 0 aromatic heterocycles. The van der Waals surface area contributed by atoms with E-state index in [2.05, 4.69) is 5.32 Å². The molecule has 0 spiro atoms. The van der Waals surface area contributed by atoms with Gasteiger partial charge in [0.05, 0.1) is 5.92 Å². The molecule has 4 unspecified atom stereocenters. The Morgan fingerprint density at radius 2 is 1.28 bits per heavy atom. The molecule has 0 saturated heterocycles. The van der Waals surface area contributed by atoms with Crippen molar-refractivity contribution >= 4 is 29.8 Å². The standard InChI is InChI=1S/C22H37NO9/c1-11(2)16(30-20(28)14(6)23-21(29)32-22(7,8)9)15(24)10-13(5)19(27)31-17(12(3)4)18(25)26/h11-14,16-17H,10H2,1-9H3,(H,23,29)(H,25,26). The minimum Gasteiger partial charge on any atom is -0.478 e. The monoisotopic (exact) mass is 459 g/mol. The number of carboxylic acid groups (broad SMARTS) is 1. The normalized spacial score (nSPS) is 15.3. The van der Waals surface area contributed by atoms with Gasteiger partial charge in [-0.3, -0.25) is 9.59 Å². The fourth-order valence-electron chi connectivity index (χ4n) is 2.56. The SMILES string of the molecule is CC(CC(=O)C(OC(=O)C(C)NC(=O)OC(C)(C)C)C(C)C)C(=O)OC(C(=O)O)C(C)C. The Hall–Kier alpha value is -2.65. The Bertz CT molecular complexity index is 694. The first-order valence-electron chi connectivity index (χ1n) is 10.6. The van der Waals surface area contributed by atoms with E-state index in [1.807, 2.05) is 0 Å². The summed E-state index contributed by atoms with van der Waals surface area (Å²) in [6, 6.07) is -1.07. The van der Waals surface area contributed by atoms with Crippen LogP contribution in [0.3, 0.4) is 0 Å². The van der Waals surface area contributed by atoms with Crippen LogP contribution in [0.2, 0.25) is 0 Å². The third-order valence-electron chi connectivity index (χ3n) is 4.25. The van der Waals surface area contributed by atoms with Crippen molar-refractivity contribution in [3.05, 3.63) is 0 Å². The maximum Gasteiger partial charge on any atom is 0.408 e. The van der Waals surface area contributed by atoms with Gasteiger partial charge in [0.1, 0.15) is 11.6 Å². The Morgan fingerprint density at radius 1 is 0.812 bits per heavy atom. The zero-order valence-corrected chi connectivity index (χ0v) is 20.4. The lowest BCUT2D eigenvalue weighted by atomic mass is 9.95. The molecule has 10 heteroatoms. The van der Waals surface area contributed by atoms with Crippen molar-refractivity contribution in [2.45, 2.75) is 92.6 Å². The molecular weight excluding hydrogens is 422 g/mol. The summed E-state index contributed by atoms with van der Waals surface area (Å²) in [7, 11) is 0. The highest BCUT2D eigenvalue weighted by Crippen LogP contribution is 2.18. The predicted molar refractivity (Wildman–Crippen MR) is 115 cm³/mol. The first kappa shape index (κ1) is 29.4. The molecule has 0 aromatic rings. The quantitative estimate of drug-likeness (QED) is 0.352. The van der Waals surface area contributed by atoms with Gasteiger partial charge >= 0.3 is 24.0 Å². The largest absolute Gasteiger partial charge is 0.478 e. The highest BCUT2D eigenvalue weighted by atomic mass is 16.6. The number of carboxylic acids is 1. The van der Waals surface area contributed by atoms with Crippen molar-refractivity contribution in [2.75, 3.05) is 0 Å². The molecule has 0 heterocycles. The topological polar surface area (TPSA) is 145 Å². The lowest BCUT2D eigenvalue weighted by Gasteiger charge is -2.25. The van der Waals surface area contributed by atoms with Crippen LogP contribution in [-0.4, -0.2) is 58.7 Å². The van der Waals surface area contributed by atoms with E-state index in [9.17, 15) is 24.0 Å². The predicted octanol–water partition coefficient (Wildman–Crippen LogP) is 2.72. The van der Waals surface area contributed by atoms with Gasteiger partial charge < -0.3 is 24.6 Å². The summed E-state index contributed by atoms with van der Waals surface area (Å²) in [5.74, 6) is -5.21. The molecule has 0 aliphatic heterocycles. The highest BCUT2D eigenvalue weighted by Gasteiger charge is 2.33. The number of aliphatic carboxylic acids is 1. The van der Waals surface area contributed by atoms with Gasteiger partial charge in [0.15, 0.2) is 11.9 Å². The van der Waals surface area contributed by atoms with Crippen LogP contribution in [0.5, 0.6) is 0 Å². The van der Waals surface area contributed by atoms with E-state index in [0.717, 1.165) is 0 Å². The number of ether oxygens (including phenoxy) is 3. The summed E-state index contributed by atoms with van der Waals surface area (Å²) in [6.45, 7) is 14.4. The number of hydrogen-bond donors (Lipinski definition) is 2. The molecule has 0 radical (unpaired) electrons. The molecule has 0 bridgehead atoms. The van der Waals surface area contributed by atoms with Crippen molar-refractivity contribution in [3.8, 4) is 0 Å². The van der Waals surface area contributed by atoms with Crippen molar-refractivity contribution in [3.63, 3.8) is 0 Å². The van der Waals surface area contributed by atoms with E-state index in [-0.39, 0.29) is 6.42 Å². The fraction of sp³-hybridized carbons (Fsp3) is 0.773. The lowest BCUT2D eigenvalue weighted by Crippen LogP contribution is -2.45. The summed E-state index contributed by atoms with van der Waals surface area (Å²) in [5.41, 5.74) is -0.746. The first-order valence-corrected chi connectivity index (χ1v) is 10.6. The summed E-state index contributed by atoms with van der Waals surface area (Å²) < 4.78 is 15.4. The van der Waals surface area contributed by atoms with E-state index in [1.54, 1.807) is 48.5 Å². The Labute approximate surface area is 189 Å². The van der Waals surface area contributed by atoms with Crippen molar-refractivity contribution in [1.29, 1.82) is 0 Å². The number of Topliss-reactive ketones (excluding diaryl/α,β-unsaturated/α-hetero) is 1. The van der Waals surface area contributed by atoms with Crippen LogP contribution in [0, 0.1) is 17.8 Å². The smallest absolute Gasteiger partial charge is 0.408 e. The molecule has 2 N–H and O–H groups in total. The molecule has 32 heavy (non-hydrogen) atoms. The van der Waals surface area contributed by atoms with Crippen LogP contribution in [0.4, 0.5) is 4.79 Å². The minimum atomic E-state index is -1.32. The molecule has 0 aliphatic rings. The molecule has 0 saturated carbocycles. The maximum absolute atomic E-state index is 12.7. The van der Waals surface area contributed by atoms with E-state index < -0.39 is 71.4 Å². The molecule has 0 aliphatic carbocycles. The van der Waals surface area contributed by atoms with Gasteiger partial charge in [0.25, 0.3) is 0 Å². The molecule has 0 fully saturated rings. The average molecular weight is 460 g/mol. The van der Waals surface area contributed by atoms with Crippen LogP contribution in [0.25, 0.3) is 0 Å². The number of hydrogen-bond acceptors (Lipinski definition) is 8. The van der Waals surface area contributed by atoms with E-state index >= 15 is 0 Å². The summed E-state index contributed by atoms with van der Waals surface area (Å²) in [6.07, 6.45) is -3.57. The number of amides is 1. The molecule has 10 nitrogen and oxygen atoms in total. The molecule has 184 valence electrons. The summed E-state index contributed by atoms with van der Waals surface area (Å²) in [4.78, 5) is 60.4. The van der Waals surface area contributed by atoms with Crippen molar-refractivity contribution < 1.29 is 43.3 Å². The molecular formula is C22H37NO9. The second kappa shape index (κ2) is 12.4. The number of nitrogens with one attached hydrogen (secondary N) is 1. The van der Waals surface area contributed by atoms with E-state index in [4.69, 9.17) is 19.3 Å². The molecule has 0 aromatic carbocycles. The van der Waals surface area contributed by atoms with Gasteiger partial charge in [-0.25, -0.2) is 14.4 Å². The fourth-order valence-corrected chi connectivity index (χ4v) is 2.56. The number of rotatable bonds is 11. The van der Waals surface area contributed by atoms with Gasteiger partial charge in [-0.1, -0.05) is 34.6 Å². The van der Waals surface area contributed by atoms with Gasteiger partial charge in [-0.15, -0.1) is 0 Å². The zero-order chi connectivity index (χ0) is 25.4. The first-order chi connectivity index (χ1) is 14.5. The van der Waals surface area contributed by atoms with Crippen LogP contribution >= 0.6 is 0 Å². The third-order valence-corrected chi connectivity index (χ3v) is 4.25. The number of carbonyl (C=O) groups excluding carboxylic acids is 4. The molecule has 1 amide bonds. The van der Waals surface area contributed by atoms with Crippen LogP contribution in [0.1, 0.15) is 68.7 Å². The van der Waals surface area contributed by atoms with Crippen LogP contribution in [-0.2, 0) is 33.4 Å². The Morgan fingerprint density at radius 3 is 1.69 bits per heavy atom. The summed E-state index contributed by atoms with van der Waals surface area (Å²) in [5, 5.41) is 11.5. The third kappa shape index (κ3) is 10.6. The van der Waals surface area contributed by atoms with Crippen LogP contribution in [0.15, 0.2) is 0 Å². The highest BCUT2D eigenvalue weighted by molar-refractivity contribution is 5.90. The summed E-state index contributed by atoms with van der Waals surface area (Å²) >= 11 is 0. The molecule has 4 atom stereocenters. The second-order valence-electron chi connectivity index (χ2n) is 9.48. The van der Waals surface area contributed by atoms with Gasteiger partial charge in [-0.05, 0) is 33.6 Å². The van der Waals surface area contributed by atoms with Gasteiger partial charge in [0, 0.05) is 12.3 Å².